The summed E-state index contributed by atoms with van der Waals surface area (Å²) in [6, 6.07) is 0.748. The summed E-state index contributed by atoms with van der Waals surface area (Å²) in [4.78, 5) is 8.15. The van der Waals surface area contributed by atoms with Gasteiger partial charge in [0, 0.05) is 11.5 Å². The van der Waals surface area contributed by atoms with E-state index in [1.165, 1.54) is 45.2 Å². The zero-order valence-electron chi connectivity index (χ0n) is 19.3. The van der Waals surface area contributed by atoms with Gasteiger partial charge in [0.05, 0.1) is 0 Å². The molecule has 0 radical (unpaired) electrons. The zero-order chi connectivity index (χ0) is 16.7. The van der Waals surface area contributed by atoms with E-state index in [0.717, 1.165) is 11.6 Å². The minimum atomic E-state index is -1.57. The topological polar surface area (TPSA) is 17.3 Å². The molecule has 1 heterocycles. The predicted octanol–water partition coefficient (Wildman–Crippen LogP) is 6.84. The molecule has 0 amide bonds. The Morgan fingerprint density at radius 3 is 2.11 bits per heavy atom. The van der Waals surface area contributed by atoms with Crippen LogP contribution in [0.1, 0.15) is 52.9 Å². The molecule has 1 spiro atoms. The summed E-state index contributed by atoms with van der Waals surface area (Å²) in [7, 11) is -1.57. The minimum absolute atomic E-state index is 0. The Labute approximate surface area is 187 Å². The van der Waals surface area contributed by atoms with Gasteiger partial charge in [-0.3, -0.25) is 4.90 Å². The first kappa shape index (κ1) is 29.5. The summed E-state index contributed by atoms with van der Waals surface area (Å²) in [5.41, 5.74) is 1.32. The standard InChI is InChI=1S/C20H35N2Si.3CH3.Ti/c1-19(2,3)21-23(4,5)17-15-18(22-13-9-10-14-22)20(16-17)11-7-6-8-12-20;;;;/h6-8,11,17-18H,9-10,12-16H2,1-5H3;3*1H3;/q4*-1;+4. The largest absolute Gasteiger partial charge is 4.00 e. The van der Waals surface area contributed by atoms with Gasteiger partial charge in [-0.1, -0.05) is 71.9 Å². The Morgan fingerprint density at radius 1 is 1.04 bits per heavy atom. The van der Waals surface area contributed by atoms with Gasteiger partial charge in [-0.25, -0.2) is 0 Å². The van der Waals surface area contributed by atoms with Gasteiger partial charge in [0.2, 0.25) is 0 Å². The van der Waals surface area contributed by atoms with Crippen molar-refractivity contribution in [3.63, 3.8) is 0 Å². The molecule has 3 rings (SSSR count). The van der Waals surface area contributed by atoms with Gasteiger partial charge in [0.25, 0.3) is 0 Å². The number of nitrogens with zero attached hydrogens (tertiary/aromatic N) is 2. The Kier molecular flexibility index (Phi) is 11.9. The van der Waals surface area contributed by atoms with E-state index in [1.807, 2.05) is 0 Å². The van der Waals surface area contributed by atoms with Crippen LogP contribution in [0.15, 0.2) is 24.3 Å². The third-order valence-electron chi connectivity index (χ3n) is 6.18. The average Bonchev–Trinajstić information content (AvgIpc) is 3.05. The van der Waals surface area contributed by atoms with Crippen LogP contribution < -0.4 is 0 Å². The maximum Gasteiger partial charge on any atom is 4.00 e. The van der Waals surface area contributed by atoms with Crippen LogP contribution in [0.4, 0.5) is 0 Å². The number of allylic oxidation sites excluding steroid dienone is 3. The van der Waals surface area contributed by atoms with Crippen molar-refractivity contribution in [2.24, 2.45) is 5.41 Å². The van der Waals surface area contributed by atoms with Crippen molar-refractivity contribution in [3.05, 3.63) is 51.6 Å². The van der Waals surface area contributed by atoms with E-state index in [2.05, 4.69) is 63.1 Å². The van der Waals surface area contributed by atoms with Gasteiger partial charge in [-0.2, -0.15) is 0 Å². The molecular weight excluding hydrogens is 380 g/mol. The van der Waals surface area contributed by atoms with Crippen LogP contribution in [0, 0.1) is 27.7 Å². The van der Waals surface area contributed by atoms with Gasteiger partial charge in [0.15, 0.2) is 0 Å². The molecule has 2 nitrogen and oxygen atoms in total. The van der Waals surface area contributed by atoms with Crippen LogP contribution in [0.3, 0.4) is 0 Å². The van der Waals surface area contributed by atoms with Crippen LogP contribution in [0.2, 0.25) is 18.6 Å². The molecule has 0 aromatic carbocycles. The quantitative estimate of drug-likeness (QED) is 0.358. The van der Waals surface area contributed by atoms with Crippen LogP contribution >= 0.6 is 0 Å². The summed E-state index contributed by atoms with van der Waals surface area (Å²) in [5, 5.41) is 0. The Morgan fingerprint density at radius 2 is 1.63 bits per heavy atom. The fraction of sp³-hybridized carbons (Fsp3) is 0.696. The molecule has 154 valence electrons. The molecule has 3 aliphatic rings. The van der Waals surface area contributed by atoms with Crippen LogP contribution in [-0.4, -0.2) is 37.8 Å². The summed E-state index contributed by atoms with van der Waals surface area (Å²) in [5.74, 6) is 0. The van der Waals surface area contributed by atoms with Gasteiger partial charge in [-0.05, 0) is 45.2 Å². The van der Waals surface area contributed by atoms with Crippen molar-refractivity contribution in [3.8, 4) is 0 Å². The molecule has 1 saturated heterocycles. The SMILES string of the molecule is CC(C)(C)[N-][Si](C)(C)C1CC(N2CCCC2)C2(C=CC=CC2)C1.[CH3-].[CH3-].[CH3-].[Ti+4]. The monoisotopic (exact) mass is 424 g/mol. The summed E-state index contributed by atoms with van der Waals surface area (Å²) >= 11 is 0. The van der Waals surface area contributed by atoms with Gasteiger partial charge >= 0.3 is 21.7 Å². The third kappa shape index (κ3) is 6.67. The fourth-order valence-electron chi connectivity index (χ4n) is 5.32. The molecule has 0 bridgehead atoms. The summed E-state index contributed by atoms with van der Waals surface area (Å²) < 4.78 is 0. The Bertz CT molecular complexity index is 489. The molecule has 27 heavy (non-hydrogen) atoms. The molecule has 0 aromatic heterocycles. The summed E-state index contributed by atoms with van der Waals surface area (Å²) in [6.45, 7) is 14.5. The second-order valence-corrected chi connectivity index (χ2v) is 13.9. The molecular formula is C23H44N2SiTi. The van der Waals surface area contributed by atoms with E-state index in [-0.39, 0.29) is 49.5 Å². The number of hydrogen-bond donors (Lipinski definition) is 0. The molecule has 3 unspecified atom stereocenters. The smallest absolute Gasteiger partial charge is 0.660 e. The fourth-order valence-corrected chi connectivity index (χ4v) is 8.91. The molecule has 4 heteroatoms. The predicted molar refractivity (Wildman–Crippen MR) is 123 cm³/mol. The second kappa shape index (κ2) is 10.9. The van der Waals surface area contributed by atoms with Gasteiger partial charge in [0.1, 0.15) is 0 Å². The number of likely N-dealkylation sites (tertiary alicyclic amines) is 1. The summed E-state index contributed by atoms with van der Waals surface area (Å²) in [6.07, 6.45) is 16.3. The number of hydrogen-bond acceptors (Lipinski definition) is 1. The Balaban J connectivity index is 0. The molecule has 1 aliphatic heterocycles. The molecule has 0 N–H and O–H groups in total. The van der Waals surface area contributed by atoms with Crippen LogP contribution in [-0.2, 0) is 21.7 Å². The molecule has 2 aliphatic carbocycles. The Hall–Kier alpha value is 0.331. The second-order valence-electron chi connectivity index (χ2n) is 9.56. The van der Waals surface area contributed by atoms with Crippen LogP contribution in [0.25, 0.3) is 4.98 Å². The van der Waals surface area contributed by atoms with E-state index in [4.69, 9.17) is 4.98 Å². The van der Waals surface area contributed by atoms with Crippen molar-refractivity contribution in [1.29, 1.82) is 0 Å². The molecule has 2 fully saturated rings. The van der Waals surface area contributed by atoms with Crippen molar-refractivity contribution in [2.45, 2.75) is 83.1 Å². The molecule has 3 atom stereocenters. The average molecular weight is 425 g/mol. The van der Waals surface area contributed by atoms with E-state index in [9.17, 15) is 0 Å². The van der Waals surface area contributed by atoms with E-state index in [1.54, 1.807) is 0 Å². The third-order valence-corrected chi connectivity index (χ3v) is 9.86. The van der Waals surface area contributed by atoms with E-state index in [0.29, 0.717) is 5.41 Å². The van der Waals surface area contributed by atoms with Crippen molar-refractivity contribution < 1.29 is 21.7 Å². The van der Waals surface area contributed by atoms with E-state index < -0.39 is 8.24 Å². The maximum absolute atomic E-state index is 5.34. The maximum atomic E-state index is 5.34. The van der Waals surface area contributed by atoms with Gasteiger partial charge in [-0.15, -0.1) is 5.54 Å². The van der Waals surface area contributed by atoms with Crippen molar-refractivity contribution >= 4 is 8.24 Å². The van der Waals surface area contributed by atoms with Crippen molar-refractivity contribution in [1.82, 2.24) is 4.90 Å². The van der Waals surface area contributed by atoms with Gasteiger partial charge < -0.3 is 27.3 Å². The minimum Gasteiger partial charge on any atom is -0.660 e. The zero-order valence-corrected chi connectivity index (χ0v) is 21.9. The van der Waals surface area contributed by atoms with Crippen LogP contribution in [0.5, 0.6) is 0 Å². The normalized spacial score (nSPS) is 30.3. The molecule has 1 saturated carbocycles. The van der Waals surface area contributed by atoms with Crippen molar-refractivity contribution in [2.75, 3.05) is 13.1 Å². The number of rotatable bonds is 3. The first-order valence-electron chi connectivity index (χ1n) is 9.54. The molecule has 0 aromatic rings. The first-order valence-corrected chi connectivity index (χ1v) is 12.6. The first-order chi connectivity index (χ1) is 10.7. The van der Waals surface area contributed by atoms with E-state index >= 15 is 0 Å².